The third kappa shape index (κ3) is 10.4. The second-order valence-electron chi connectivity index (χ2n) is 4.56. The van der Waals surface area contributed by atoms with Crippen molar-refractivity contribution in [3.63, 3.8) is 0 Å². The van der Waals surface area contributed by atoms with Gasteiger partial charge in [0.05, 0.1) is 13.2 Å². The Morgan fingerprint density at radius 1 is 1.12 bits per heavy atom. The minimum absolute atomic E-state index is 0.619. The van der Waals surface area contributed by atoms with Crippen molar-refractivity contribution in [2.24, 2.45) is 5.92 Å². The fourth-order valence-electron chi connectivity index (χ4n) is 1.62. The molecule has 0 radical (unpaired) electrons. The Labute approximate surface area is 101 Å². The van der Waals surface area contributed by atoms with Gasteiger partial charge in [-0.3, -0.25) is 0 Å². The van der Waals surface area contributed by atoms with Gasteiger partial charge in [-0.2, -0.15) is 0 Å². The second-order valence-corrected chi connectivity index (χ2v) is 4.56. The van der Waals surface area contributed by atoms with Gasteiger partial charge in [0.15, 0.2) is 0 Å². The lowest BCUT2D eigenvalue weighted by Crippen LogP contribution is -2.29. The Kier molecular flexibility index (Phi) is 11.3. The predicted octanol–water partition coefficient (Wildman–Crippen LogP) is 2.45. The van der Waals surface area contributed by atoms with Crippen LogP contribution in [-0.4, -0.2) is 39.5 Å². The van der Waals surface area contributed by atoms with Crippen LogP contribution >= 0.6 is 0 Å². The van der Waals surface area contributed by atoms with E-state index in [0.29, 0.717) is 19.3 Å². The van der Waals surface area contributed by atoms with Gasteiger partial charge in [-0.25, -0.2) is 0 Å². The Morgan fingerprint density at radius 3 is 2.50 bits per heavy atom. The van der Waals surface area contributed by atoms with Gasteiger partial charge in [0.1, 0.15) is 0 Å². The van der Waals surface area contributed by atoms with Crippen LogP contribution in [0.2, 0.25) is 0 Å². The first-order valence-electron chi connectivity index (χ1n) is 6.50. The van der Waals surface area contributed by atoms with E-state index in [1.807, 2.05) is 0 Å². The first-order chi connectivity index (χ1) is 7.70. The molecule has 2 atom stereocenters. The van der Waals surface area contributed by atoms with Crippen molar-refractivity contribution in [2.75, 3.05) is 33.5 Å². The lowest BCUT2D eigenvalue weighted by atomic mass is 10.0. The van der Waals surface area contributed by atoms with Gasteiger partial charge >= 0.3 is 0 Å². The van der Waals surface area contributed by atoms with E-state index >= 15 is 0 Å². The quantitative estimate of drug-likeness (QED) is 0.554. The third-order valence-corrected chi connectivity index (χ3v) is 2.84. The van der Waals surface area contributed by atoms with E-state index < -0.39 is 0 Å². The molecule has 0 saturated carbocycles. The summed E-state index contributed by atoms with van der Waals surface area (Å²) in [5.41, 5.74) is 0. The van der Waals surface area contributed by atoms with Crippen molar-refractivity contribution in [1.82, 2.24) is 5.32 Å². The van der Waals surface area contributed by atoms with Crippen LogP contribution in [0.3, 0.4) is 0 Å². The van der Waals surface area contributed by atoms with Gasteiger partial charge in [0, 0.05) is 19.8 Å². The summed E-state index contributed by atoms with van der Waals surface area (Å²) in [7, 11) is 1.70. The molecule has 0 fully saturated rings. The molecule has 0 heterocycles. The Balaban J connectivity index is 3.18. The third-order valence-electron chi connectivity index (χ3n) is 2.84. The summed E-state index contributed by atoms with van der Waals surface area (Å²) in [4.78, 5) is 0. The summed E-state index contributed by atoms with van der Waals surface area (Å²) in [6.07, 6.45) is 3.61. The molecule has 0 amide bonds. The number of methoxy groups -OCH3 is 1. The molecule has 0 spiro atoms. The molecule has 98 valence electrons. The highest BCUT2D eigenvalue weighted by atomic mass is 16.5. The molecule has 16 heavy (non-hydrogen) atoms. The molecule has 3 nitrogen and oxygen atoms in total. The highest BCUT2D eigenvalue weighted by molar-refractivity contribution is 4.64. The van der Waals surface area contributed by atoms with Crippen LogP contribution in [-0.2, 0) is 9.47 Å². The molecule has 0 bridgehead atoms. The van der Waals surface area contributed by atoms with Crippen molar-refractivity contribution < 1.29 is 9.47 Å². The zero-order chi connectivity index (χ0) is 12.2. The Morgan fingerprint density at radius 2 is 1.88 bits per heavy atom. The van der Waals surface area contributed by atoms with Crippen LogP contribution in [0.1, 0.15) is 40.0 Å². The fourth-order valence-corrected chi connectivity index (χ4v) is 1.62. The second kappa shape index (κ2) is 11.4. The summed E-state index contributed by atoms with van der Waals surface area (Å²) in [6.45, 7) is 10.1. The summed E-state index contributed by atoms with van der Waals surface area (Å²) in [6, 6.07) is 0.619. The van der Waals surface area contributed by atoms with Gasteiger partial charge < -0.3 is 14.8 Å². The average Bonchev–Trinajstić information content (AvgIpc) is 2.27. The van der Waals surface area contributed by atoms with Gasteiger partial charge in [-0.1, -0.05) is 20.3 Å². The maximum absolute atomic E-state index is 5.39. The van der Waals surface area contributed by atoms with Gasteiger partial charge in [0.25, 0.3) is 0 Å². The average molecular weight is 231 g/mol. The van der Waals surface area contributed by atoms with Gasteiger partial charge in [0.2, 0.25) is 0 Å². The lowest BCUT2D eigenvalue weighted by Gasteiger charge is -2.17. The molecule has 0 aliphatic carbocycles. The van der Waals surface area contributed by atoms with Gasteiger partial charge in [-0.05, 0) is 32.2 Å². The van der Waals surface area contributed by atoms with Crippen LogP contribution in [0.25, 0.3) is 0 Å². The maximum Gasteiger partial charge on any atom is 0.0700 e. The fraction of sp³-hybridized carbons (Fsp3) is 1.00. The van der Waals surface area contributed by atoms with E-state index in [2.05, 4.69) is 26.1 Å². The molecule has 3 heteroatoms. The minimum Gasteiger partial charge on any atom is -0.382 e. The summed E-state index contributed by atoms with van der Waals surface area (Å²) >= 11 is 0. The zero-order valence-corrected chi connectivity index (χ0v) is 11.4. The van der Waals surface area contributed by atoms with E-state index in [1.165, 1.54) is 12.8 Å². The van der Waals surface area contributed by atoms with Crippen molar-refractivity contribution in [2.45, 2.75) is 46.1 Å². The molecular weight excluding hydrogens is 202 g/mol. The standard InChI is InChI=1S/C13H29NO2/c1-5-12(2)11-13(3)14-7-6-8-16-10-9-15-4/h12-14H,5-11H2,1-4H3. The van der Waals surface area contributed by atoms with Crippen LogP contribution in [0.15, 0.2) is 0 Å². The number of hydrogen-bond acceptors (Lipinski definition) is 3. The first-order valence-corrected chi connectivity index (χ1v) is 6.50. The van der Waals surface area contributed by atoms with Crippen LogP contribution in [0.4, 0.5) is 0 Å². The molecule has 0 aromatic carbocycles. The monoisotopic (exact) mass is 231 g/mol. The largest absolute Gasteiger partial charge is 0.382 e. The molecule has 1 N–H and O–H groups in total. The molecule has 0 aromatic heterocycles. The normalized spacial score (nSPS) is 15.0. The molecule has 0 aliphatic heterocycles. The highest BCUT2D eigenvalue weighted by Gasteiger charge is 2.05. The number of rotatable bonds is 11. The number of ether oxygens (including phenoxy) is 2. The summed E-state index contributed by atoms with van der Waals surface area (Å²) < 4.78 is 10.3. The smallest absolute Gasteiger partial charge is 0.0700 e. The number of nitrogens with one attached hydrogen (secondary N) is 1. The molecule has 0 saturated heterocycles. The Bertz CT molecular complexity index is 142. The van der Waals surface area contributed by atoms with Crippen molar-refractivity contribution in [3.8, 4) is 0 Å². The molecule has 0 aliphatic rings. The highest BCUT2D eigenvalue weighted by Crippen LogP contribution is 2.09. The van der Waals surface area contributed by atoms with Crippen molar-refractivity contribution in [1.29, 1.82) is 0 Å². The van der Waals surface area contributed by atoms with E-state index in [0.717, 1.165) is 25.5 Å². The summed E-state index contributed by atoms with van der Waals surface area (Å²) in [5.74, 6) is 0.820. The number of hydrogen-bond donors (Lipinski definition) is 1. The topological polar surface area (TPSA) is 30.5 Å². The molecule has 2 unspecified atom stereocenters. The minimum atomic E-state index is 0.619. The lowest BCUT2D eigenvalue weighted by molar-refractivity contribution is 0.0692. The van der Waals surface area contributed by atoms with Crippen LogP contribution < -0.4 is 5.32 Å². The summed E-state index contributed by atoms with van der Waals surface area (Å²) in [5, 5.41) is 3.53. The zero-order valence-electron chi connectivity index (χ0n) is 11.4. The SMILES string of the molecule is CCC(C)CC(C)NCCCOCCOC. The molecule has 0 rings (SSSR count). The van der Waals surface area contributed by atoms with Crippen LogP contribution in [0, 0.1) is 5.92 Å². The van der Waals surface area contributed by atoms with E-state index in [9.17, 15) is 0 Å². The van der Waals surface area contributed by atoms with Crippen molar-refractivity contribution >= 4 is 0 Å². The van der Waals surface area contributed by atoms with Crippen molar-refractivity contribution in [3.05, 3.63) is 0 Å². The Hall–Kier alpha value is -0.120. The molecular formula is C13H29NO2. The van der Waals surface area contributed by atoms with E-state index in [1.54, 1.807) is 7.11 Å². The van der Waals surface area contributed by atoms with E-state index in [4.69, 9.17) is 9.47 Å². The molecule has 0 aromatic rings. The first kappa shape index (κ1) is 15.9. The maximum atomic E-state index is 5.39. The van der Waals surface area contributed by atoms with Crippen LogP contribution in [0.5, 0.6) is 0 Å². The predicted molar refractivity (Wildman–Crippen MR) is 68.8 cm³/mol. The van der Waals surface area contributed by atoms with Gasteiger partial charge in [-0.15, -0.1) is 0 Å². The van der Waals surface area contributed by atoms with E-state index in [-0.39, 0.29) is 0 Å².